The molecule has 2 aromatic carbocycles. The maximum atomic E-state index is 12.3. The number of carbonyl (C=O) groups excluding carboxylic acids is 2. The molecule has 3 amide bonds. The zero-order valence-corrected chi connectivity index (χ0v) is 13.4. The predicted molar refractivity (Wildman–Crippen MR) is 92.9 cm³/mol. The van der Waals surface area contributed by atoms with Crippen LogP contribution in [0.4, 0.5) is 16.2 Å². The van der Waals surface area contributed by atoms with Crippen LogP contribution in [0.5, 0.6) is 0 Å². The van der Waals surface area contributed by atoms with Gasteiger partial charge >= 0.3 is 6.03 Å². The SMILES string of the molecule is Cc1cccc(NC(=O)N[C@H]2CSc3ccccc3NC2=O)c1. The Morgan fingerprint density at radius 3 is 2.87 bits per heavy atom. The number of fused-ring (bicyclic) bond motifs is 1. The van der Waals surface area contributed by atoms with Gasteiger partial charge in [0.2, 0.25) is 5.91 Å². The van der Waals surface area contributed by atoms with E-state index in [4.69, 9.17) is 0 Å². The molecule has 1 heterocycles. The van der Waals surface area contributed by atoms with Crippen molar-refractivity contribution in [2.45, 2.75) is 17.9 Å². The molecule has 0 aliphatic carbocycles. The number of benzene rings is 2. The number of para-hydroxylation sites is 1. The Morgan fingerprint density at radius 2 is 2.04 bits per heavy atom. The summed E-state index contributed by atoms with van der Waals surface area (Å²) in [6.07, 6.45) is 0. The fourth-order valence-corrected chi connectivity index (χ4v) is 3.35. The topological polar surface area (TPSA) is 70.2 Å². The first-order valence-corrected chi connectivity index (χ1v) is 8.27. The lowest BCUT2D eigenvalue weighted by molar-refractivity contribution is -0.117. The molecule has 0 spiro atoms. The second-order valence-electron chi connectivity index (χ2n) is 5.32. The maximum Gasteiger partial charge on any atom is 0.319 e. The van der Waals surface area contributed by atoms with Crippen molar-refractivity contribution >= 4 is 35.1 Å². The Morgan fingerprint density at radius 1 is 1.22 bits per heavy atom. The molecular formula is C17H17N3O2S. The molecule has 0 aromatic heterocycles. The lowest BCUT2D eigenvalue weighted by Gasteiger charge is -2.15. The van der Waals surface area contributed by atoms with E-state index in [0.29, 0.717) is 11.4 Å². The van der Waals surface area contributed by atoms with Gasteiger partial charge in [0.25, 0.3) is 0 Å². The predicted octanol–water partition coefficient (Wildman–Crippen LogP) is 3.23. The number of anilines is 2. The van der Waals surface area contributed by atoms with E-state index in [1.54, 1.807) is 11.8 Å². The average molecular weight is 327 g/mol. The van der Waals surface area contributed by atoms with Crippen LogP contribution >= 0.6 is 11.8 Å². The summed E-state index contributed by atoms with van der Waals surface area (Å²) in [7, 11) is 0. The molecule has 1 aliphatic rings. The molecule has 1 aliphatic heterocycles. The van der Waals surface area contributed by atoms with Crippen molar-refractivity contribution in [1.82, 2.24) is 5.32 Å². The number of hydrogen-bond donors (Lipinski definition) is 3. The third kappa shape index (κ3) is 3.84. The molecule has 0 radical (unpaired) electrons. The Kier molecular flexibility index (Phi) is 4.52. The van der Waals surface area contributed by atoms with Crippen LogP contribution in [0.3, 0.4) is 0 Å². The van der Waals surface area contributed by atoms with Crippen molar-refractivity contribution in [3.63, 3.8) is 0 Å². The molecule has 3 rings (SSSR count). The number of aryl methyl sites for hydroxylation is 1. The van der Waals surface area contributed by atoms with Crippen LogP contribution in [0, 0.1) is 6.92 Å². The van der Waals surface area contributed by atoms with E-state index in [1.807, 2.05) is 55.5 Å². The largest absolute Gasteiger partial charge is 0.325 e. The summed E-state index contributed by atoms with van der Waals surface area (Å²) in [5.41, 5.74) is 2.54. The third-order valence-electron chi connectivity index (χ3n) is 3.45. The fraction of sp³-hybridized carbons (Fsp3) is 0.176. The second-order valence-corrected chi connectivity index (χ2v) is 6.38. The van der Waals surface area contributed by atoms with Gasteiger partial charge in [-0.3, -0.25) is 4.79 Å². The molecule has 2 aromatic rings. The molecule has 23 heavy (non-hydrogen) atoms. The maximum absolute atomic E-state index is 12.3. The smallest absolute Gasteiger partial charge is 0.319 e. The van der Waals surface area contributed by atoms with E-state index in [1.165, 1.54) is 0 Å². The number of nitrogens with one attached hydrogen (secondary N) is 3. The van der Waals surface area contributed by atoms with Gasteiger partial charge in [0, 0.05) is 16.3 Å². The van der Waals surface area contributed by atoms with Gasteiger partial charge < -0.3 is 16.0 Å². The van der Waals surface area contributed by atoms with Crippen molar-refractivity contribution in [3.05, 3.63) is 54.1 Å². The number of rotatable bonds is 2. The van der Waals surface area contributed by atoms with Gasteiger partial charge in [-0.25, -0.2) is 4.79 Å². The van der Waals surface area contributed by atoms with Gasteiger partial charge in [-0.2, -0.15) is 0 Å². The van der Waals surface area contributed by atoms with E-state index in [9.17, 15) is 9.59 Å². The van der Waals surface area contributed by atoms with Gasteiger partial charge in [-0.1, -0.05) is 24.3 Å². The van der Waals surface area contributed by atoms with Crippen molar-refractivity contribution in [3.8, 4) is 0 Å². The zero-order valence-electron chi connectivity index (χ0n) is 12.6. The lowest BCUT2D eigenvalue weighted by Crippen LogP contribution is -2.46. The third-order valence-corrected chi connectivity index (χ3v) is 4.62. The molecule has 0 unspecified atom stereocenters. The van der Waals surface area contributed by atoms with Crippen molar-refractivity contribution in [2.24, 2.45) is 0 Å². The summed E-state index contributed by atoms with van der Waals surface area (Å²) in [6, 6.07) is 14.1. The van der Waals surface area contributed by atoms with E-state index in [0.717, 1.165) is 16.1 Å². The van der Waals surface area contributed by atoms with Crippen molar-refractivity contribution < 1.29 is 9.59 Å². The van der Waals surface area contributed by atoms with Gasteiger partial charge in [0.1, 0.15) is 6.04 Å². The van der Waals surface area contributed by atoms with Gasteiger partial charge in [-0.05, 0) is 36.8 Å². The van der Waals surface area contributed by atoms with E-state index in [2.05, 4.69) is 16.0 Å². The lowest BCUT2D eigenvalue weighted by atomic mass is 10.2. The minimum Gasteiger partial charge on any atom is -0.325 e. The van der Waals surface area contributed by atoms with Gasteiger partial charge in [-0.15, -0.1) is 11.8 Å². The van der Waals surface area contributed by atoms with E-state index in [-0.39, 0.29) is 11.9 Å². The first kappa shape index (κ1) is 15.4. The highest BCUT2D eigenvalue weighted by Crippen LogP contribution is 2.30. The minimum atomic E-state index is -0.586. The molecule has 5 nitrogen and oxygen atoms in total. The highest BCUT2D eigenvalue weighted by Gasteiger charge is 2.25. The van der Waals surface area contributed by atoms with Crippen LogP contribution < -0.4 is 16.0 Å². The molecule has 118 valence electrons. The quantitative estimate of drug-likeness (QED) is 0.793. The first-order chi connectivity index (χ1) is 11.1. The highest BCUT2D eigenvalue weighted by molar-refractivity contribution is 7.99. The van der Waals surface area contributed by atoms with Crippen molar-refractivity contribution in [1.29, 1.82) is 0 Å². The van der Waals surface area contributed by atoms with Crippen LogP contribution in [0.1, 0.15) is 5.56 Å². The fourth-order valence-electron chi connectivity index (χ4n) is 2.32. The van der Waals surface area contributed by atoms with Crippen LogP contribution in [-0.4, -0.2) is 23.7 Å². The van der Waals surface area contributed by atoms with E-state index >= 15 is 0 Å². The van der Waals surface area contributed by atoms with Gasteiger partial charge in [0.05, 0.1) is 5.69 Å². The number of urea groups is 1. The molecule has 1 atom stereocenters. The summed E-state index contributed by atoms with van der Waals surface area (Å²) >= 11 is 1.55. The zero-order chi connectivity index (χ0) is 16.2. The Bertz CT molecular complexity index is 748. The van der Waals surface area contributed by atoms with Crippen LogP contribution in [0.2, 0.25) is 0 Å². The number of thioether (sulfide) groups is 1. The Hall–Kier alpha value is -2.47. The number of carbonyl (C=O) groups is 2. The molecule has 6 heteroatoms. The second kappa shape index (κ2) is 6.75. The number of amides is 3. The average Bonchev–Trinajstić information content (AvgIpc) is 2.67. The van der Waals surface area contributed by atoms with Crippen molar-refractivity contribution in [2.75, 3.05) is 16.4 Å². The minimum absolute atomic E-state index is 0.207. The summed E-state index contributed by atoms with van der Waals surface area (Å²) in [6.45, 7) is 1.95. The van der Waals surface area contributed by atoms with Crippen LogP contribution in [0.25, 0.3) is 0 Å². The highest BCUT2D eigenvalue weighted by atomic mass is 32.2. The summed E-state index contributed by atoms with van der Waals surface area (Å²) in [5.74, 6) is 0.284. The van der Waals surface area contributed by atoms with Gasteiger partial charge in [0.15, 0.2) is 0 Å². The Labute approximate surface area is 138 Å². The standard InChI is InChI=1S/C17H17N3O2S/c1-11-5-4-6-12(9-11)18-17(22)20-14-10-23-15-8-3-2-7-13(15)19-16(14)21/h2-9,14H,10H2,1H3,(H,19,21)(H2,18,20,22)/t14-/m0/s1. The summed E-state index contributed by atoms with van der Waals surface area (Å²) in [5, 5.41) is 8.33. The molecule has 0 bridgehead atoms. The normalized spacial score (nSPS) is 16.7. The molecule has 0 fully saturated rings. The molecule has 0 saturated carbocycles. The Balaban J connectivity index is 1.64. The summed E-state index contributed by atoms with van der Waals surface area (Å²) in [4.78, 5) is 25.4. The monoisotopic (exact) mass is 327 g/mol. The van der Waals surface area contributed by atoms with Crippen LogP contribution in [-0.2, 0) is 4.79 Å². The molecule has 3 N–H and O–H groups in total. The number of hydrogen-bond acceptors (Lipinski definition) is 3. The molecular weight excluding hydrogens is 310 g/mol. The first-order valence-electron chi connectivity index (χ1n) is 7.29. The van der Waals surface area contributed by atoms with E-state index < -0.39 is 6.04 Å². The molecule has 0 saturated heterocycles. The summed E-state index contributed by atoms with van der Waals surface area (Å²) < 4.78 is 0. The van der Waals surface area contributed by atoms with Crippen LogP contribution in [0.15, 0.2) is 53.4 Å².